The number of rotatable bonds is 7. The molecule has 124 valence electrons. The maximum Gasteiger partial charge on any atom is 0.319 e. The molecule has 1 rings (SSSR count). The third-order valence-electron chi connectivity index (χ3n) is 3.82. The highest BCUT2D eigenvalue weighted by Gasteiger charge is 2.13. The summed E-state index contributed by atoms with van der Waals surface area (Å²) in [4.78, 5) is 14.3. The molecule has 0 aliphatic carbocycles. The summed E-state index contributed by atoms with van der Waals surface area (Å²) in [6.45, 7) is 14.5. The highest BCUT2D eigenvalue weighted by molar-refractivity contribution is 5.89. The molecule has 0 saturated carbocycles. The second-order valence-corrected chi connectivity index (χ2v) is 6.58. The van der Waals surface area contributed by atoms with E-state index in [-0.39, 0.29) is 6.03 Å². The number of carbonyl (C=O) groups is 1. The number of hydrogen-bond acceptors (Lipinski definition) is 2. The fourth-order valence-corrected chi connectivity index (χ4v) is 2.54. The first kappa shape index (κ1) is 18.5. The van der Waals surface area contributed by atoms with Crippen molar-refractivity contribution in [3.63, 3.8) is 0 Å². The van der Waals surface area contributed by atoms with Crippen LogP contribution < -0.4 is 10.6 Å². The number of nitrogens with one attached hydrogen (secondary N) is 2. The summed E-state index contributed by atoms with van der Waals surface area (Å²) in [5.41, 5.74) is 2.10. The molecule has 22 heavy (non-hydrogen) atoms. The van der Waals surface area contributed by atoms with Crippen LogP contribution in [-0.2, 0) is 0 Å². The van der Waals surface area contributed by atoms with Crippen molar-refractivity contribution in [2.24, 2.45) is 0 Å². The van der Waals surface area contributed by atoms with Crippen LogP contribution in [0.1, 0.15) is 53.0 Å². The quantitative estimate of drug-likeness (QED) is 0.798. The van der Waals surface area contributed by atoms with E-state index in [1.807, 2.05) is 12.1 Å². The number of carbonyl (C=O) groups excluding carboxylic acids is 1. The first-order valence-electron chi connectivity index (χ1n) is 8.21. The van der Waals surface area contributed by atoms with Gasteiger partial charge >= 0.3 is 6.03 Å². The molecule has 0 saturated heterocycles. The van der Waals surface area contributed by atoms with Crippen molar-refractivity contribution in [3.8, 4) is 0 Å². The molecule has 0 radical (unpaired) electrons. The normalized spacial score (nSPS) is 11.5. The zero-order valence-corrected chi connectivity index (χ0v) is 14.8. The maximum atomic E-state index is 11.9. The molecule has 0 fully saturated rings. The maximum absolute atomic E-state index is 11.9. The summed E-state index contributed by atoms with van der Waals surface area (Å²) in [6.07, 6.45) is 0. The molecule has 4 nitrogen and oxygen atoms in total. The number of hydrogen-bond donors (Lipinski definition) is 2. The fourth-order valence-electron chi connectivity index (χ4n) is 2.54. The first-order valence-corrected chi connectivity index (χ1v) is 8.21. The summed E-state index contributed by atoms with van der Waals surface area (Å²) in [7, 11) is 0. The lowest BCUT2D eigenvalue weighted by atomic mass is 10.0. The van der Waals surface area contributed by atoms with Crippen LogP contribution >= 0.6 is 0 Å². The first-order chi connectivity index (χ1) is 10.3. The second-order valence-electron chi connectivity index (χ2n) is 6.58. The van der Waals surface area contributed by atoms with Crippen molar-refractivity contribution in [2.45, 2.75) is 59.5 Å². The van der Waals surface area contributed by atoms with E-state index in [4.69, 9.17) is 0 Å². The summed E-state index contributed by atoms with van der Waals surface area (Å²) >= 11 is 0. The lowest BCUT2D eigenvalue weighted by Crippen LogP contribution is -2.43. The van der Waals surface area contributed by atoms with Crippen molar-refractivity contribution in [3.05, 3.63) is 29.8 Å². The zero-order chi connectivity index (χ0) is 16.7. The molecule has 2 amide bonds. The van der Waals surface area contributed by atoms with Crippen molar-refractivity contribution >= 4 is 11.7 Å². The van der Waals surface area contributed by atoms with Crippen molar-refractivity contribution < 1.29 is 4.79 Å². The van der Waals surface area contributed by atoms with Gasteiger partial charge in [-0.15, -0.1) is 0 Å². The van der Waals surface area contributed by atoms with E-state index in [2.05, 4.69) is 69.2 Å². The Kier molecular flexibility index (Phi) is 7.39. The van der Waals surface area contributed by atoms with Crippen LogP contribution in [-0.4, -0.2) is 36.1 Å². The van der Waals surface area contributed by atoms with Gasteiger partial charge in [-0.25, -0.2) is 4.79 Å². The third-order valence-corrected chi connectivity index (χ3v) is 3.82. The molecule has 0 atom stereocenters. The molecular formula is C18H31N3O. The molecule has 4 heteroatoms. The van der Waals surface area contributed by atoms with Gasteiger partial charge in [0.1, 0.15) is 0 Å². The molecule has 0 heterocycles. The lowest BCUT2D eigenvalue weighted by Gasteiger charge is -2.30. The van der Waals surface area contributed by atoms with E-state index in [1.54, 1.807) is 0 Å². The van der Waals surface area contributed by atoms with Gasteiger partial charge in [0.15, 0.2) is 0 Å². The Morgan fingerprint density at radius 1 is 1.00 bits per heavy atom. The highest BCUT2D eigenvalue weighted by Crippen LogP contribution is 2.16. The summed E-state index contributed by atoms with van der Waals surface area (Å²) in [5.74, 6) is 0.501. The van der Waals surface area contributed by atoms with Crippen LogP contribution in [0.25, 0.3) is 0 Å². The molecule has 0 unspecified atom stereocenters. The van der Waals surface area contributed by atoms with Gasteiger partial charge in [0.25, 0.3) is 0 Å². The van der Waals surface area contributed by atoms with Crippen molar-refractivity contribution in [1.29, 1.82) is 0 Å². The van der Waals surface area contributed by atoms with E-state index in [0.717, 1.165) is 12.2 Å². The van der Waals surface area contributed by atoms with Gasteiger partial charge in [0, 0.05) is 30.9 Å². The SMILES string of the molecule is CC(C)c1ccc(NC(=O)NCCN(C(C)C)C(C)C)cc1. The number of anilines is 1. The van der Waals surface area contributed by atoms with Gasteiger partial charge in [-0.1, -0.05) is 26.0 Å². The summed E-state index contributed by atoms with van der Waals surface area (Å²) in [6, 6.07) is 8.82. The van der Waals surface area contributed by atoms with E-state index in [9.17, 15) is 4.79 Å². The molecule has 0 spiro atoms. The van der Waals surface area contributed by atoms with Crippen LogP contribution in [0.5, 0.6) is 0 Å². The number of amides is 2. The molecule has 0 aromatic heterocycles. The molecule has 1 aromatic rings. The Morgan fingerprint density at radius 2 is 1.55 bits per heavy atom. The van der Waals surface area contributed by atoms with Gasteiger partial charge in [0.2, 0.25) is 0 Å². The van der Waals surface area contributed by atoms with Gasteiger partial charge in [-0.2, -0.15) is 0 Å². The van der Waals surface area contributed by atoms with Gasteiger partial charge in [-0.05, 0) is 51.3 Å². The van der Waals surface area contributed by atoms with Crippen LogP contribution in [0.2, 0.25) is 0 Å². The Labute approximate surface area is 135 Å². The minimum absolute atomic E-state index is 0.148. The summed E-state index contributed by atoms with van der Waals surface area (Å²) < 4.78 is 0. The number of nitrogens with zero attached hydrogens (tertiary/aromatic N) is 1. The van der Waals surface area contributed by atoms with Crippen LogP contribution in [0.15, 0.2) is 24.3 Å². The number of benzene rings is 1. The van der Waals surface area contributed by atoms with Gasteiger partial charge in [-0.3, -0.25) is 4.90 Å². The smallest absolute Gasteiger partial charge is 0.319 e. The zero-order valence-electron chi connectivity index (χ0n) is 14.8. The molecule has 1 aromatic carbocycles. The molecule has 0 aliphatic heterocycles. The third kappa shape index (κ3) is 6.06. The van der Waals surface area contributed by atoms with E-state index >= 15 is 0 Å². The monoisotopic (exact) mass is 305 g/mol. The number of urea groups is 1. The molecular weight excluding hydrogens is 274 g/mol. The molecule has 2 N–H and O–H groups in total. The predicted molar refractivity (Wildman–Crippen MR) is 94.5 cm³/mol. The Bertz CT molecular complexity index is 444. The average Bonchev–Trinajstić information content (AvgIpc) is 2.43. The van der Waals surface area contributed by atoms with E-state index in [0.29, 0.717) is 24.5 Å². The largest absolute Gasteiger partial charge is 0.337 e. The minimum Gasteiger partial charge on any atom is -0.337 e. The van der Waals surface area contributed by atoms with Crippen LogP contribution in [0, 0.1) is 0 Å². The topological polar surface area (TPSA) is 44.4 Å². The summed E-state index contributed by atoms with van der Waals surface area (Å²) in [5, 5.41) is 5.79. The Hall–Kier alpha value is -1.55. The van der Waals surface area contributed by atoms with Gasteiger partial charge in [0.05, 0.1) is 0 Å². The lowest BCUT2D eigenvalue weighted by molar-refractivity contribution is 0.176. The van der Waals surface area contributed by atoms with Gasteiger partial charge < -0.3 is 10.6 Å². The Morgan fingerprint density at radius 3 is 2.00 bits per heavy atom. The average molecular weight is 305 g/mol. The highest BCUT2D eigenvalue weighted by atomic mass is 16.2. The predicted octanol–water partition coefficient (Wildman–Crippen LogP) is 4.05. The standard InChI is InChI=1S/C18H31N3O/c1-13(2)16-7-9-17(10-8-16)20-18(22)19-11-12-21(14(3)4)15(5)6/h7-10,13-15H,11-12H2,1-6H3,(H2,19,20,22). The van der Waals surface area contributed by atoms with E-state index in [1.165, 1.54) is 5.56 Å². The van der Waals surface area contributed by atoms with E-state index < -0.39 is 0 Å². The second kappa shape index (κ2) is 8.79. The molecule has 0 aliphatic rings. The van der Waals surface area contributed by atoms with Crippen molar-refractivity contribution in [1.82, 2.24) is 10.2 Å². The van der Waals surface area contributed by atoms with Crippen LogP contribution in [0.3, 0.4) is 0 Å². The Balaban J connectivity index is 2.40. The fraction of sp³-hybridized carbons (Fsp3) is 0.611. The van der Waals surface area contributed by atoms with Crippen LogP contribution in [0.4, 0.5) is 10.5 Å². The molecule has 0 bridgehead atoms. The van der Waals surface area contributed by atoms with Crippen molar-refractivity contribution in [2.75, 3.05) is 18.4 Å². The minimum atomic E-state index is -0.148.